The van der Waals surface area contributed by atoms with Crippen LogP contribution in [-0.2, 0) is 22.1 Å². The first kappa shape index (κ1) is 27.5. The van der Waals surface area contributed by atoms with Crippen LogP contribution >= 0.6 is 0 Å². The second kappa shape index (κ2) is 8.91. The normalized spacial score (nSPS) is 38.6. The van der Waals surface area contributed by atoms with Crippen molar-refractivity contribution in [1.29, 1.82) is 0 Å². The second-order valence-corrected chi connectivity index (χ2v) is 24.8. The zero-order chi connectivity index (χ0) is 28.0. The molecule has 208 valence electrons. The Bertz CT molecular complexity index is 1330. The molecule has 0 amide bonds. The van der Waals surface area contributed by atoms with E-state index in [9.17, 15) is 4.79 Å². The van der Waals surface area contributed by atoms with Crippen molar-refractivity contribution in [2.45, 2.75) is 110 Å². The average Bonchev–Trinajstić information content (AvgIpc) is 3.12. The number of ketones is 1. The summed E-state index contributed by atoms with van der Waals surface area (Å²) in [5.41, 5.74) is 9.43. The van der Waals surface area contributed by atoms with Crippen molar-refractivity contribution in [2.75, 3.05) is 0 Å². The van der Waals surface area contributed by atoms with Gasteiger partial charge in [-0.1, -0.05) is 69.3 Å². The second-order valence-electron chi connectivity index (χ2n) is 15.7. The molecule has 0 N–H and O–H groups in total. The molecule has 39 heavy (non-hydrogen) atoms. The predicted octanol–water partition coefficient (Wildman–Crippen LogP) is 8.26. The van der Waals surface area contributed by atoms with Gasteiger partial charge in [-0.2, -0.15) is 0 Å². The molecule has 0 aliphatic heterocycles. The first-order valence-corrected chi connectivity index (χ1v) is 22.4. The number of rotatable bonds is 3. The summed E-state index contributed by atoms with van der Waals surface area (Å²) < 4.78 is 7.33. The Morgan fingerprint density at radius 1 is 1.10 bits per heavy atom. The molecular formula is C35H48O2Si2. The van der Waals surface area contributed by atoms with Gasteiger partial charge in [-0.05, 0) is 117 Å². The van der Waals surface area contributed by atoms with Crippen LogP contribution in [0, 0.1) is 40.0 Å². The number of carbonyl (C=O) groups excluding carboxylic acids is 1. The first-order valence-electron chi connectivity index (χ1n) is 15.5. The lowest BCUT2D eigenvalue weighted by Gasteiger charge is -2.64. The Morgan fingerprint density at radius 2 is 1.87 bits per heavy atom. The van der Waals surface area contributed by atoms with Gasteiger partial charge in [0.2, 0.25) is 0 Å². The molecule has 7 atom stereocenters. The van der Waals surface area contributed by atoms with Crippen molar-refractivity contribution >= 4 is 22.2 Å². The largest absolute Gasteiger partial charge is 0.401 e. The monoisotopic (exact) mass is 556 g/mol. The molecule has 4 heteroatoms. The van der Waals surface area contributed by atoms with Crippen molar-refractivity contribution in [1.82, 2.24) is 0 Å². The van der Waals surface area contributed by atoms with Gasteiger partial charge >= 0.3 is 0 Å². The summed E-state index contributed by atoms with van der Waals surface area (Å²) in [7, 11) is -3.43. The van der Waals surface area contributed by atoms with Crippen LogP contribution in [0.25, 0.3) is 0 Å². The third-order valence-corrected chi connectivity index (χ3v) is 12.9. The minimum atomic E-state index is -1.86. The fourth-order valence-corrected chi connectivity index (χ4v) is 11.7. The molecule has 0 heterocycles. The van der Waals surface area contributed by atoms with E-state index < -0.39 is 16.4 Å². The van der Waals surface area contributed by atoms with Gasteiger partial charge in [-0.25, -0.2) is 0 Å². The Hall–Kier alpha value is -1.68. The van der Waals surface area contributed by atoms with Crippen molar-refractivity contribution < 1.29 is 9.22 Å². The highest BCUT2D eigenvalue weighted by Crippen LogP contribution is 2.73. The molecule has 0 saturated heterocycles. The van der Waals surface area contributed by atoms with Gasteiger partial charge in [0.15, 0.2) is 14.1 Å². The maximum absolute atomic E-state index is 12.6. The van der Waals surface area contributed by atoms with Crippen LogP contribution in [0.15, 0.2) is 42.0 Å². The molecule has 2 nitrogen and oxygen atoms in total. The van der Waals surface area contributed by atoms with E-state index in [2.05, 4.69) is 88.9 Å². The van der Waals surface area contributed by atoms with Gasteiger partial charge in [0, 0.05) is 10.8 Å². The summed E-state index contributed by atoms with van der Waals surface area (Å²) in [6.07, 6.45) is 14.1. The molecule has 3 fully saturated rings. The van der Waals surface area contributed by atoms with Crippen molar-refractivity contribution in [3.05, 3.63) is 58.7 Å². The number of carbonyl (C=O) groups is 1. The number of allylic oxidation sites excluding steroid dienone is 4. The molecule has 2 unspecified atom stereocenters. The van der Waals surface area contributed by atoms with Crippen LogP contribution < -0.4 is 0 Å². The number of hydrogen-bond acceptors (Lipinski definition) is 2. The van der Waals surface area contributed by atoms with Crippen LogP contribution in [0.5, 0.6) is 0 Å². The van der Waals surface area contributed by atoms with Gasteiger partial charge in [0.25, 0.3) is 0 Å². The van der Waals surface area contributed by atoms with Crippen LogP contribution in [0.4, 0.5) is 0 Å². The average molecular weight is 557 g/mol. The zero-order valence-corrected chi connectivity index (χ0v) is 27.5. The minimum Gasteiger partial charge on any atom is -0.401 e. The Labute approximate surface area is 239 Å². The van der Waals surface area contributed by atoms with Gasteiger partial charge in [0.05, 0.1) is 0 Å². The predicted molar refractivity (Wildman–Crippen MR) is 167 cm³/mol. The minimum absolute atomic E-state index is 0.00290. The maximum Gasteiger partial charge on any atom is 0.185 e. The molecule has 1 aromatic carbocycles. The van der Waals surface area contributed by atoms with Gasteiger partial charge in [-0.15, -0.1) is 5.54 Å². The molecular weight excluding hydrogens is 509 g/mol. The third kappa shape index (κ3) is 4.25. The fraction of sp³-hybridized carbons (Fsp3) is 0.629. The van der Waals surface area contributed by atoms with E-state index in [4.69, 9.17) is 4.43 Å². The number of hydrogen-bond donors (Lipinski definition) is 0. The van der Waals surface area contributed by atoms with Crippen LogP contribution in [0.3, 0.4) is 0 Å². The summed E-state index contributed by atoms with van der Waals surface area (Å²) in [6.45, 7) is 19.0. The van der Waals surface area contributed by atoms with E-state index in [-0.39, 0.29) is 22.2 Å². The lowest BCUT2D eigenvalue weighted by molar-refractivity contribution is -0.112. The van der Waals surface area contributed by atoms with Crippen molar-refractivity contribution in [3.63, 3.8) is 0 Å². The molecule has 5 aliphatic rings. The number of aryl methyl sites for hydroxylation is 1. The zero-order valence-electron chi connectivity index (χ0n) is 25.5. The maximum atomic E-state index is 12.6. The topological polar surface area (TPSA) is 26.3 Å². The first-order chi connectivity index (χ1) is 18.2. The molecule has 0 bridgehead atoms. The van der Waals surface area contributed by atoms with Crippen LogP contribution in [0.2, 0.25) is 39.3 Å². The van der Waals surface area contributed by atoms with Crippen LogP contribution in [0.1, 0.15) is 68.6 Å². The highest BCUT2D eigenvalue weighted by molar-refractivity contribution is 6.83. The summed E-state index contributed by atoms with van der Waals surface area (Å²) in [4.78, 5) is 12.6. The van der Waals surface area contributed by atoms with E-state index in [1.807, 2.05) is 12.2 Å². The lowest BCUT2D eigenvalue weighted by Crippen LogP contribution is -2.60. The SMILES string of the molecule is CCc1ccc2c(c1)C[C@]13C=CC(=O)C=C1CC[C@@H]1C3C2C[C@@]2(C)[C@H]1CC[C@]2(C#C[Si](C)(C)C)O[Si](C)(C)C. The lowest BCUT2D eigenvalue weighted by atomic mass is 9.40. The quantitative estimate of drug-likeness (QED) is 0.277. The highest BCUT2D eigenvalue weighted by Gasteiger charge is 2.69. The summed E-state index contributed by atoms with van der Waals surface area (Å²) in [6, 6.07) is 7.35. The van der Waals surface area contributed by atoms with Gasteiger partial charge in [0.1, 0.15) is 13.7 Å². The van der Waals surface area contributed by atoms with E-state index in [0.29, 0.717) is 23.7 Å². The van der Waals surface area contributed by atoms with E-state index in [1.165, 1.54) is 29.5 Å². The fourth-order valence-electron chi connectivity index (χ4n) is 9.68. The number of benzene rings is 1. The molecule has 1 aromatic rings. The Kier molecular flexibility index (Phi) is 6.28. The highest BCUT2D eigenvalue weighted by atomic mass is 28.4. The Morgan fingerprint density at radius 3 is 2.56 bits per heavy atom. The van der Waals surface area contributed by atoms with E-state index in [0.717, 1.165) is 32.1 Å². The standard InChI is InChI=1S/C35H48O2Si2/c1-9-24-10-12-28-25(20-24)22-34-16-14-27(36)21-26(34)11-13-29-31-15-17-35(37-39(6,7)8,18-19-38(3,4)5)33(31,2)23-30(28)32(29)34/h10,12,14,16,20-21,29-32H,9,11,13,15,17,22-23H2,1-8H3/t29-,30?,31-,32?,33-,34+,35+/m0/s1. The third-order valence-electron chi connectivity index (χ3n) is 11.0. The van der Waals surface area contributed by atoms with E-state index in [1.54, 1.807) is 5.56 Å². The molecule has 0 aromatic heterocycles. The van der Waals surface area contributed by atoms with Crippen molar-refractivity contribution in [2.24, 2.45) is 28.6 Å². The van der Waals surface area contributed by atoms with Crippen LogP contribution in [-0.4, -0.2) is 27.8 Å². The summed E-state index contributed by atoms with van der Waals surface area (Å²) >= 11 is 0. The molecule has 0 radical (unpaired) electrons. The summed E-state index contributed by atoms with van der Waals surface area (Å²) in [5, 5.41) is 0. The smallest absolute Gasteiger partial charge is 0.185 e. The van der Waals surface area contributed by atoms with Gasteiger partial charge in [-0.3, -0.25) is 4.79 Å². The molecule has 3 saturated carbocycles. The van der Waals surface area contributed by atoms with Gasteiger partial charge < -0.3 is 4.43 Å². The van der Waals surface area contributed by atoms with Crippen molar-refractivity contribution in [3.8, 4) is 11.5 Å². The summed E-state index contributed by atoms with van der Waals surface area (Å²) in [5.74, 6) is 6.44. The molecule has 5 aliphatic carbocycles. The molecule has 1 spiro atoms. The Balaban J connectivity index is 1.55. The molecule has 6 rings (SSSR count). The number of fused-ring (bicyclic) bond motifs is 4. The van der Waals surface area contributed by atoms with E-state index >= 15 is 0 Å².